The zero-order valence-electron chi connectivity index (χ0n) is 6.11. The van der Waals surface area contributed by atoms with E-state index in [-0.39, 0.29) is 10.6 Å². The van der Waals surface area contributed by atoms with Gasteiger partial charge in [-0.25, -0.2) is 13.8 Å². The molecular weight excluding hydrogens is 251 g/mol. The van der Waals surface area contributed by atoms with Gasteiger partial charge in [-0.15, -0.1) is 0 Å². The third-order valence-electron chi connectivity index (χ3n) is 1.44. The van der Waals surface area contributed by atoms with Crippen molar-refractivity contribution in [3.05, 3.63) is 26.9 Å². The molecule has 5 heteroatoms. The summed E-state index contributed by atoms with van der Waals surface area (Å²) in [6.07, 6.45) is -1.50. The average molecular weight is 256 g/mol. The fraction of sp³-hybridized carbons (Fsp3) is 0.286. The zero-order chi connectivity index (χ0) is 9.30. The van der Waals surface area contributed by atoms with Gasteiger partial charge < -0.3 is 0 Å². The van der Waals surface area contributed by atoms with E-state index in [1.54, 1.807) is 6.92 Å². The molecule has 1 aromatic heterocycles. The second-order valence-corrected chi connectivity index (χ2v) is 3.37. The number of pyridine rings is 1. The molecule has 0 amide bonds. The molecule has 0 aliphatic carbocycles. The second kappa shape index (κ2) is 3.66. The van der Waals surface area contributed by atoms with Crippen LogP contribution in [0.15, 0.2) is 10.8 Å². The minimum atomic E-state index is -2.57. The molecule has 0 radical (unpaired) electrons. The molecule has 0 fully saturated rings. The van der Waals surface area contributed by atoms with Crippen molar-refractivity contribution in [2.24, 2.45) is 0 Å². The highest BCUT2D eigenvalue weighted by Crippen LogP contribution is 2.31. The van der Waals surface area contributed by atoms with Crippen LogP contribution in [0.25, 0.3) is 0 Å². The van der Waals surface area contributed by atoms with Crippen molar-refractivity contribution in [2.75, 3.05) is 0 Å². The molecule has 66 valence electrons. The first kappa shape index (κ1) is 9.86. The van der Waals surface area contributed by atoms with Gasteiger partial charge in [0, 0.05) is 11.8 Å². The summed E-state index contributed by atoms with van der Waals surface area (Å²) >= 11 is 8.73. The number of alkyl halides is 2. The second-order valence-electron chi connectivity index (χ2n) is 2.24. The van der Waals surface area contributed by atoms with Crippen LogP contribution >= 0.6 is 27.5 Å². The Bertz CT molecular complexity index is 304. The van der Waals surface area contributed by atoms with Crippen LogP contribution in [0.1, 0.15) is 17.6 Å². The molecular formula is C7H5BrClF2N. The summed E-state index contributed by atoms with van der Waals surface area (Å²) in [4.78, 5) is 3.71. The van der Waals surface area contributed by atoms with Crippen LogP contribution < -0.4 is 0 Å². The van der Waals surface area contributed by atoms with Crippen LogP contribution in [0.5, 0.6) is 0 Å². The summed E-state index contributed by atoms with van der Waals surface area (Å²) in [5.74, 6) is 0. The number of rotatable bonds is 1. The van der Waals surface area contributed by atoms with E-state index in [9.17, 15) is 8.78 Å². The van der Waals surface area contributed by atoms with Crippen LogP contribution in [0.2, 0.25) is 5.02 Å². The molecule has 1 rings (SSSR count). The molecule has 0 atom stereocenters. The highest BCUT2D eigenvalue weighted by atomic mass is 79.9. The van der Waals surface area contributed by atoms with Gasteiger partial charge in [0.05, 0.1) is 10.6 Å². The monoisotopic (exact) mass is 255 g/mol. The Morgan fingerprint density at radius 3 is 2.67 bits per heavy atom. The number of halogens is 4. The van der Waals surface area contributed by atoms with Gasteiger partial charge in [-0.2, -0.15) is 0 Å². The van der Waals surface area contributed by atoms with Gasteiger partial charge in [0.1, 0.15) is 4.60 Å². The van der Waals surface area contributed by atoms with Gasteiger partial charge in [0.15, 0.2) is 0 Å². The molecule has 0 N–H and O–H groups in total. The zero-order valence-corrected chi connectivity index (χ0v) is 8.46. The molecule has 1 heterocycles. The Morgan fingerprint density at radius 1 is 1.58 bits per heavy atom. The van der Waals surface area contributed by atoms with Crippen molar-refractivity contribution in [3.8, 4) is 0 Å². The van der Waals surface area contributed by atoms with E-state index in [4.69, 9.17) is 11.6 Å². The van der Waals surface area contributed by atoms with E-state index in [0.717, 1.165) is 6.20 Å². The van der Waals surface area contributed by atoms with Crippen LogP contribution in [-0.4, -0.2) is 4.98 Å². The molecule has 0 bridgehead atoms. The number of hydrogen-bond acceptors (Lipinski definition) is 1. The SMILES string of the molecule is Cc1c(Br)ncc(C(F)F)c1Cl. The Hall–Kier alpha value is -0.220. The molecule has 1 nitrogen and oxygen atoms in total. The van der Waals surface area contributed by atoms with E-state index in [2.05, 4.69) is 20.9 Å². The van der Waals surface area contributed by atoms with Crippen molar-refractivity contribution in [1.29, 1.82) is 0 Å². The van der Waals surface area contributed by atoms with Crippen molar-refractivity contribution in [3.63, 3.8) is 0 Å². The third-order valence-corrected chi connectivity index (χ3v) is 2.75. The summed E-state index contributed by atoms with van der Waals surface area (Å²) in [5.41, 5.74) is 0.312. The molecule has 12 heavy (non-hydrogen) atoms. The topological polar surface area (TPSA) is 12.9 Å². The van der Waals surface area contributed by atoms with Crippen LogP contribution in [-0.2, 0) is 0 Å². The van der Waals surface area contributed by atoms with E-state index in [1.807, 2.05) is 0 Å². The molecule has 0 aromatic carbocycles. The Morgan fingerprint density at radius 2 is 2.17 bits per heavy atom. The normalized spacial score (nSPS) is 10.8. The van der Waals surface area contributed by atoms with Gasteiger partial charge in [-0.05, 0) is 22.9 Å². The molecule has 0 saturated heterocycles. The quantitative estimate of drug-likeness (QED) is 0.698. The third kappa shape index (κ3) is 1.75. The van der Waals surface area contributed by atoms with Crippen LogP contribution in [0, 0.1) is 6.92 Å². The van der Waals surface area contributed by atoms with Crippen molar-refractivity contribution in [1.82, 2.24) is 4.98 Å². The summed E-state index contributed by atoms with van der Waals surface area (Å²) in [5, 5.41) is 0.0758. The van der Waals surface area contributed by atoms with Crippen LogP contribution in [0.4, 0.5) is 8.78 Å². The summed E-state index contributed by atoms with van der Waals surface area (Å²) < 4.78 is 24.9. The lowest BCUT2D eigenvalue weighted by Gasteiger charge is -2.05. The maximum atomic E-state index is 12.2. The first-order chi connectivity index (χ1) is 5.54. The number of nitrogens with zero attached hydrogens (tertiary/aromatic N) is 1. The molecule has 0 saturated carbocycles. The predicted molar refractivity (Wildman–Crippen MR) is 46.6 cm³/mol. The first-order valence-electron chi connectivity index (χ1n) is 3.12. The summed E-state index contributed by atoms with van der Waals surface area (Å²) in [6, 6.07) is 0. The lowest BCUT2D eigenvalue weighted by Crippen LogP contribution is -1.92. The number of aromatic nitrogens is 1. The van der Waals surface area contributed by atoms with Crippen molar-refractivity contribution >= 4 is 27.5 Å². The molecule has 0 aliphatic heterocycles. The van der Waals surface area contributed by atoms with Gasteiger partial charge in [-0.3, -0.25) is 0 Å². The fourth-order valence-electron chi connectivity index (χ4n) is 0.739. The highest BCUT2D eigenvalue weighted by molar-refractivity contribution is 9.10. The lowest BCUT2D eigenvalue weighted by molar-refractivity contribution is 0.151. The van der Waals surface area contributed by atoms with Crippen molar-refractivity contribution < 1.29 is 8.78 Å². The largest absolute Gasteiger partial charge is 0.266 e. The molecule has 0 aliphatic rings. The van der Waals surface area contributed by atoms with E-state index in [0.29, 0.717) is 10.2 Å². The van der Waals surface area contributed by atoms with E-state index < -0.39 is 6.43 Å². The maximum absolute atomic E-state index is 12.2. The summed E-state index contributed by atoms with van der Waals surface area (Å²) in [6.45, 7) is 1.63. The minimum absolute atomic E-state index is 0.0758. The van der Waals surface area contributed by atoms with Gasteiger partial charge in [0.2, 0.25) is 0 Å². The smallest absolute Gasteiger partial charge is 0.248 e. The molecule has 0 unspecified atom stereocenters. The van der Waals surface area contributed by atoms with Gasteiger partial charge >= 0.3 is 0 Å². The lowest BCUT2D eigenvalue weighted by atomic mass is 10.2. The van der Waals surface area contributed by atoms with Gasteiger partial charge in [-0.1, -0.05) is 11.6 Å². The van der Waals surface area contributed by atoms with Crippen LogP contribution in [0.3, 0.4) is 0 Å². The number of hydrogen-bond donors (Lipinski definition) is 0. The average Bonchev–Trinajstić information content (AvgIpc) is 2.00. The van der Waals surface area contributed by atoms with E-state index >= 15 is 0 Å². The molecule has 0 spiro atoms. The molecule has 1 aromatic rings. The first-order valence-corrected chi connectivity index (χ1v) is 4.29. The summed E-state index contributed by atoms with van der Waals surface area (Å²) in [7, 11) is 0. The Labute approximate surface area is 81.9 Å². The van der Waals surface area contributed by atoms with Crippen molar-refractivity contribution in [2.45, 2.75) is 13.3 Å². The Kier molecular flexibility index (Phi) is 3.01. The van der Waals surface area contributed by atoms with E-state index in [1.165, 1.54) is 0 Å². The standard InChI is InChI=1S/C7H5BrClF2N/c1-3-5(9)4(7(10)11)2-12-6(3)8/h2,7H,1H3. The maximum Gasteiger partial charge on any atom is 0.266 e. The fourth-order valence-corrected chi connectivity index (χ4v) is 1.37. The predicted octanol–water partition coefficient (Wildman–Crippen LogP) is 3.74. The highest BCUT2D eigenvalue weighted by Gasteiger charge is 2.15. The minimum Gasteiger partial charge on any atom is -0.248 e. The van der Waals surface area contributed by atoms with Gasteiger partial charge in [0.25, 0.3) is 6.43 Å². The Balaban J connectivity index is 3.27.